The Balaban J connectivity index is 2.20. The van der Waals surface area contributed by atoms with E-state index in [0.717, 1.165) is 0 Å². The van der Waals surface area contributed by atoms with Crippen molar-refractivity contribution in [2.75, 3.05) is 27.2 Å². The van der Waals surface area contributed by atoms with Crippen LogP contribution in [0, 0.1) is 5.41 Å². The molecule has 1 aliphatic rings. The number of carboxylic acids is 1. The van der Waals surface area contributed by atoms with E-state index in [1.807, 2.05) is 25.9 Å². The zero-order valence-corrected chi connectivity index (χ0v) is 10.6. The van der Waals surface area contributed by atoms with Crippen molar-refractivity contribution in [2.24, 2.45) is 5.41 Å². The van der Waals surface area contributed by atoms with Crippen LogP contribution in [-0.4, -0.2) is 55.2 Å². The lowest BCUT2D eigenvalue weighted by Gasteiger charge is -2.20. The number of carbonyl (C=O) groups excluding carboxylic acids is 1. The summed E-state index contributed by atoms with van der Waals surface area (Å²) in [6.45, 7) is 2.75. The third-order valence-electron chi connectivity index (χ3n) is 3.33. The molecular weight excluding hydrogens is 222 g/mol. The molecule has 1 saturated carbocycles. The zero-order chi connectivity index (χ0) is 13.1. The number of urea groups is 1. The summed E-state index contributed by atoms with van der Waals surface area (Å²) in [6.07, 6.45) is 1.30. The van der Waals surface area contributed by atoms with Crippen molar-refractivity contribution in [1.29, 1.82) is 0 Å². The number of nitrogens with one attached hydrogen (secondary N) is 2. The van der Waals surface area contributed by atoms with Crippen LogP contribution in [0.15, 0.2) is 0 Å². The molecule has 0 radical (unpaired) electrons. The van der Waals surface area contributed by atoms with Crippen LogP contribution in [0.2, 0.25) is 0 Å². The second kappa shape index (κ2) is 5.35. The quantitative estimate of drug-likeness (QED) is 0.618. The molecule has 3 N–H and O–H groups in total. The monoisotopic (exact) mass is 243 g/mol. The summed E-state index contributed by atoms with van der Waals surface area (Å²) >= 11 is 0. The first-order valence-electron chi connectivity index (χ1n) is 5.79. The second-order valence-electron chi connectivity index (χ2n) is 4.96. The Bertz CT molecular complexity index is 300. The van der Waals surface area contributed by atoms with Crippen molar-refractivity contribution in [3.8, 4) is 0 Å². The van der Waals surface area contributed by atoms with Gasteiger partial charge in [0, 0.05) is 19.1 Å². The number of rotatable bonds is 6. The first-order chi connectivity index (χ1) is 7.87. The first kappa shape index (κ1) is 13.8. The molecule has 2 amide bonds. The molecule has 0 saturated heterocycles. The molecular formula is C11H21N3O3. The highest BCUT2D eigenvalue weighted by molar-refractivity contribution is 5.80. The van der Waals surface area contributed by atoms with E-state index in [9.17, 15) is 9.59 Å². The number of likely N-dealkylation sites (N-methyl/N-ethyl adjacent to an activating group) is 1. The minimum Gasteiger partial charge on any atom is -0.481 e. The molecule has 1 aliphatic carbocycles. The summed E-state index contributed by atoms with van der Waals surface area (Å²) in [5, 5.41) is 14.3. The van der Waals surface area contributed by atoms with Gasteiger partial charge in [-0.25, -0.2) is 4.79 Å². The Morgan fingerprint density at radius 2 is 1.94 bits per heavy atom. The highest BCUT2D eigenvalue weighted by Crippen LogP contribution is 2.45. The minimum absolute atomic E-state index is 0.213. The maximum absolute atomic E-state index is 11.4. The number of nitrogens with zero attached hydrogens (tertiary/aromatic N) is 1. The van der Waals surface area contributed by atoms with Crippen molar-refractivity contribution < 1.29 is 14.7 Å². The molecule has 6 nitrogen and oxygen atoms in total. The molecule has 17 heavy (non-hydrogen) atoms. The van der Waals surface area contributed by atoms with Crippen LogP contribution in [0.4, 0.5) is 4.79 Å². The average molecular weight is 243 g/mol. The summed E-state index contributed by atoms with van der Waals surface area (Å²) in [5.74, 6) is -0.820. The third-order valence-corrected chi connectivity index (χ3v) is 3.33. The van der Waals surface area contributed by atoms with Gasteiger partial charge >= 0.3 is 12.0 Å². The van der Waals surface area contributed by atoms with Gasteiger partial charge in [0.2, 0.25) is 0 Å². The number of amides is 2. The van der Waals surface area contributed by atoms with Crippen molar-refractivity contribution in [1.82, 2.24) is 15.5 Å². The van der Waals surface area contributed by atoms with E-state index in [2.05, 4.69) is 10.6 Å². The number of aliphatic carboxylic acids is 1. The molecule has 0 aromatic rings. The standard InChI is InChI=1S/C11H21N3O3/c1-8(14(2)3)6-12-10(17)13-7-11(4-5-11)9(15)16/h8H,4-7H2,1-3H3,(H,15,16)(H2,12,13,17). The number of hydrogen-bond donors (Lipinski definition) is 3. The maximum atomic E-state index is 11.4. The van der Waals surface area contributed by atoms with Crippen LogP contribution in [0.3, 0.4) is 0 Å². The summed E-state index contributed by atoms with van der Waals surface area (Å²) in [5.41, 5.74) is -0.704. The highest BCUT2D eigenvalue weighted by Gasteiger charge is 2.50. The molecule has 0 aromatic heterocycles. The van der Waals surface area contributed by atoms with E-state index >= 15 is 0 Å². The van der Waals surface area contributed by atoms with Gasteiger partial charge in [-0.2, -0.15) is 0 Å². The van der Waals surface area contributed by atoms with Gasteiger partial charge in [-0.05, 0) is 33.9 Å². The van der Waals surface area contributed by atoms with Gasteiger partial charge < -0.3 is 20.6 Å². The van der Waals surface area contributed by atoms with Gasteiger partial charge in [0.15, 0.2) is 0 Å². The van der Waals surface area contributed by atoms with Crippen LogP contribution in [0.1, 0.15) is 19.8 Å². The fraction of sp³-hybridized carbons (Fsp3) is 0.818. The Morgan fingerprint density at radius 1 is 1.35 bits per heavy atom. The topological polar surface area (TPSA) is 81.7 Å². The lowest BCUT2D eigenvalue weighted by Crippen LogP contribution is -2.45. The molecule has 1 unspecified atom stereocenters. The van der Waals surface area contributed by atoms with Gasteiger partial charge in [0.25, 0.3) is 0 Å². The predicted octanol–water partition coefficient (Wildman–Crippen LogP) is 0.101. The second-order valence-corrected chi connectivity index (χ2v) is 4.96. The van der Waals surface area contributed by atoms with Crippen LogP contribution < -0.4 is 10.6 Å². The molecule has 1 rings (SSSR count). The minimum atomic E-state index is -0.820. The Hall–Kier alpha value is -1.30. The van der Waals surface area contributed by atoms with E-state index < -0.39 is 11.4 Å². The third kappa shape index (κ3) is 3.89. The van der Waals surface area contributed by atoms with E-state index in [0.29, 0.717) is 19.4 Å². The van der Waals surface area contributed by atoms with Crippen LogP contribution in [0.25, 0.3) is 0 Å². The van der Waals surface area contributed by atoms with Crippen LogP contribution in [-0.2, 0) is 4.79 Å². The lowest BCUT2D eigenvalue weighted by atomic mass is 10.1. The van der Waals surface area contributed by atoms with E-state index in [-0.39, 0.29) is 18.6 Å². The summed E-state index contributed by atoms with van der Waals surface area (Å²) in [6, 6.07) is -0.0543. The molecule has 1 fully saturated rings. The largest absolute Gasteiger partial charge is 0.481 e. The van der Waals surface area contributed by atoms with E-state index in [1.165, 1.54) is 0 Å². The zero-order valence-electron chi connectivity index (χ0n) is 10.6. The molecule has 6 heteroatoms. The molecule has 0 spiro atoms. The fourth-order valence-electron chi connectivity index (χ4n) is 1.35. The van der Waals surface area contributed by atoms with E-state index in [4.69, 9.17) is 5.11 Å². The van der Waals surface area contributed by atoms with Crippen molar-refractivity contribution in [3.05, 3.63) is 0 Å². The van der Waals surface area contributed by atoms with Gasteiger partial charge in [-0.15, -0.1) is 0 Å². The number of hydrogen-bond acceptors (Lipinski definition) is 3. The summed E-state index contributed by atoms with van der Waals surface area (Å²) < 4.78 is 0. The van der Waals surface area contributed by atoms with Crippen molar-refractivity contribution >= 4 is 12.0 Å². The first-order valence-corrected chi connectivity index (χ1v) is 5.79. The highest BCUT2D eigenvalue weighted by atomic mass is 16.4. The Kier molecular flexibility index (Phi) is 4.34. The van der Waals surface area contributed by atoms with E-state index in [1.54, 1.807) is 0 Å². The average Bonchev–Trinajstić information content (AvgIpc) is 3.03. The smallest absolute Gasteiger partial charge is 0.314 e. The van der Waals surface area contributed by atoms with Gasteiger partial charge in [0.05, 0.1) is 5.41 Å². The molecule has 0 aromatic carbocycles. The predicted molar refractivity (Wildman–Crippen MR) is 63.9 cm³/mol. The molecule has 0 bridgehead atoms. The molecule has 0 heterocycles. The van der Waals surface area contributed by atoms with Gasteiger partial charge in [-0.1, -0.05) is 0 Å². The summed E-state index contributed by atoms with van der Waals surface area (Å²) in [7, 11) is 3.88. The fourth-order valence-corrected chi connectivity index (χ4v) is 1.35. The Labute approximate surface area is 101 Å². The summed E-state index contributed by atoms with van der Waals surface area (Å²) in [4.78, 5) is 24.3. The SMILES string of the molecule is CC(CNC(=O)NCC1(C(=O)O)CC1)N(C)C. The number of carbonyl (C=O) groups is 2. The van der Waals surface area contributed by atoms with Crippen molar-refractivity contribution in [2.45, 2.75) is 25.8 Å². The van der Waals surface area contributed by atoms with Crippen molar-refractivity contribution in [3.63, 3.8) is 0 Å². The number of carboxylic acid groups (broad SMARTS) is 1. The lowest BCUT2D eigenvalue weighted by molar-refractivity contribution is -0.143. The Morgan fingerprint density at radius 3 is 2.35 bits per heavy atom. The maximum Gasteiger partial charge on any atom is 0.314 e. The van der Waals surface area contributed by atoms with Gasteiger partial charge in [0.1, 0.15) is 0 Å². The van der Waals surface area contributed by atoms with Crippen LogP contribution >= 0.6 is 0 Å². The normalized spacial score (nSPS) is 18.6. The van der Waals surface area contributed by atoms with Crippen LogP contribution in [0.5, 0.6) is 0 Å². The molecule has 98 valence electrons. The van der Waals surface area contributed by atoms with Gasteiger partial charge in [-0.3, -0.25) is 4.79 Å². The molecule has 1 atom stereocenters. The molecule has 0 aliphatic heterocycles.